The van der Waals surface area contributed by atoms with Gasteiger partial charge in [0.05, 0.1) is 18.2 Å². The normalized spacial score (nSPS) is 15.5. The van der Waals surface area contributed by atoms with Crippen molar-refractivity contribution < 1.29 is 19.0 Å². The van der Waals surface area contributed by atoms with Crippen molar-refractivity contribution in [2.24, 2.45) is 0 Å². The van der Waals surface area contributed by atoms with Crippen LogP contribution in [0.2, 0.25) is 0 Å². The van der Waals surface area contributed by atoms with E-state index in [0.717, 1.165) is 19.6 Å². The molecular formula is C22H24N4O4. The van der Waals surface area contributed by atoms with Crippen molar-refractivity contribution >= 4 is 6.03 Å². The largest absolute Gasteiger partial charge is 0.492 e. The van der Waals surface area contributed by atoms with E-state index in [0.29, 0.717) is 49.1 Å². The predicted octanol–water partition coefficient (Wildman–Crippen LogP) is 2.19. The van der Waals surface area contributed by atoms with Gasteiger partial charge in [0.15, 0.2) is 11.5 Å². The van der Waals surface area contributed by atoms with Crippen molar-refractivity contribution in [3.63, 3.8) is 0 Å². The molecule has 30 heavy (non-hydrogen) atoms. The molecule has 0 unspecified atom stereocenters. The van der Waals surface area contributed by atoms with E-state index in [1.165, 1.54) is 5.56 Å². The van der Waals surface area contributed by atoms with E-state index in [1.807, 2.05) is 41.3 Å². The summed E-state index contributed by atoms with van der Waals surface area (Å²) in [6.45, 7) is 4.88. The first-order valence-corrected chi connectivity index (χ1v) is 9.98. The summed E-state index contributed by atoms with van der Waals surface area (Å²) in [5.41, 5.74) is 1.84. The van der Waals surface area contributed by atoms with Gasteiger partial charge in [-0.05, 0) is 29.8 Å². The molecule has 2 aromatic rings. The highest BCUT2D eigenvalue weighted by Gasteiger charge is 2.21. The minimum atomic E-state index is -0.0673. The van der Waals surface area contributed by atoms with Crippen LogP contribution in [0.5, 0.6) is 17.2 Å². The van der Waals surface area contributed by atoms with Gasteiger partial charge in [-0.15, -0.1) is 0 Å². The summed E-state index contributed by atoms with van der Waals surface area (Å²) in [4.78, 5) is 16.5. The highest BCUT2D eigenvalue weighted by atomic mass is 16.7. The Morgan fingerprint density at radius 3 is 2.60 bits per heavy atom. The molecule has 2 amide bonds. The van der Waals surface area contributed by atoms with E-state index in [4.69, 9.17) is 19.5 Å². The number of piperazine rings is 1. The Kier molecular flexibility index (Phi) is 6.20. The van der Waals surface area contributed by atoms with Crippen LogP contribution < -0.4 is 19.5 Å². The zero-order valence-corrected chi connectivity index (χ0v) is 16.7. The number of nitrogens with zero attached hydrogens (tertiary/aromatic N) is 3. The molecule has 2 heterocycles. The van der Waals surface area contributed by atoms with E-state index in [-0.39, 0.29) is 12.8 Å². The summed E-state index contributed by atoms with van der Waals surface area (Å²) >= 11 is 0. The lowest BCUT2D eigenvalue weighted by atomic mass is 10.1. The Hall–Kier alpha value is -3.44. The molecule has 2 aliphatic heterocycles. The third-order valence-electron chi connectivity index (χ3n) is 5.14. The molecule has 2 aromatic carbocycles. The number of carbonyl (C=O) groups is 1. The second-order valence-electron chi connectivity index (χ2n) is 7.17. The number of carbonyl (C=O) groups excluding carboxylic acids is 1. The zero-order chi connectivity index (χ0) is 20.8. The number of urea groups is 1. The number of amides is 2. The van der Waals surface area contributed by atoms with Gasteiger partial charge in [-0.25, -0.2) is 4.79 Å². The number of rotatable bonds is 6. The van der Waals surface area contributed by atoms with Crippen LogP contribution in [0.3, 0.4) is 0 Å². The molecule has 156 valence electrons. The van der Waals surface area contributed by atoms with Gasteiger partial charge in [-0.1, -0.05) is 12.1 Å². The summed E-state index contributed by atoms with van der Waals surface area (Å²) < 4.78 is 16.3. The Morgan fingerprint density at radius 1 is 1.07 bits per heavy atom. The van der Waals surface area contributed by atoms with E-state index in [1.54, 1.807) is 6.07 Å². The van der Waals surface area contributed by atoms with Gasteiger partial charge >= 0.3 is 6.03 Å². The van der Waals surface area contributed by atoms with Crippen molar-refractivity contribution in [2.75, 3.05) is 46.1 Å². The van der Waals surface area contributed by atoms with E-state index >= 15 is 0 Å². The van der Waals surface area contributed by atoms with Crippen LogP contribution in [-0.4, -0.2) is 62.0 Å². The third kappa shape index (κ3) is 4.93. The fourth-order valence-electron chi connectivity index (χ4n) is 3.46. The number of ether oxygens (including phenoxy) is 3. The second-order valence-corrected chi connectivity index (χ2v) is 7.17. The van der Waals surface area contributed by atoms with Gasteiger partial charge < -0.3 is 24.4 Å². The average Bonchev–Trinajstić information content (AvgIpc) is 3.25. The third-order valence-corrected chi connectivity index (χ3v) is 5.14. The van der Waals surface area contributed by atoms with Crippen LogP contribution in [0.15, 0.2) is 42.5 Å². The van der Waals surface area contributed by atoms with Crippen molar-refractivity contribution in [3.8, 4) is 23.3 Å². The number of nitrogens with one attached hydrogen (secondary N) is 1. The maximum atomic E-state index is 12.4. The molecule has 0 aromatic heterocycles. The second kappa shape index (κ2) is 9.37. The fourth-order valence-corrected chi connectivity index (χ4v) is 3.46. The summed E-state index contributed by atoms with van der Waals surface area (Å²) in [5, 5.41) is 11.8. The highest BCUT2D eigenvalue weighted by Crippen LogP contribution is 2.34. The Balaban J connectivity index is 1.14. The topological polar surface area (TPSA) is 87.1 Å². The molecule has 0 atom stereocenters. The standard InChI is InChI=1S/C22H24N4O4/c23-14-17-1-3-18(4-2-17)15-25-8-10-26(11-9-25)22(27)24-7-12-28-19-5-6-20-21(13-19)30-16-29-20/h1-6,13H,7-12,15-16H2,(H,24,27). The van der Waals surface area contributed by atoms with Gasteiger partial charge in [-0.3, -0.25) is 4.90 Å². The van der Waals surface area contributed by atoms with Crippen LogP contribution >= 0.6 is 0 Å². The molecule has 8 heteroatoms. The molecule has 8 nitrogen and oxygen atoms in total. The molecular weight excluding hydrogens is 384 g/mol. The monoisotopic (exact) mass is 408 g/mol. The molecule has 1 saturated heterocycles. The molecule has 2 aliphatic rings. The lowest BCUT2D eigenvalue weighted by molar-refractivity contribution is 0.134. The SMILES string of the molecule is N#Cc1ccc(CN2CCN(C(=O)NCCOc3ccc4c(c3)OCO4)CC2)cc1. The molecule has 0 bridgehead atoms. The molecule has 1 N–H and O–H groups in total. The summed E-state index contributed by atoms with van der Waals surface area (Å²) in [6.07, 6.45) is 0. The van der Waals surface area contributed by atoms with Crippen molar-refractivity contribution in [3.05, 3.63) is 53.6 Å². The van der Waals surface area contributed by atoms with Gasteiger partial charge in [0.25, 0.3) is 0 Å². The van der Waals surface area contributed by atoms with E-state index in [9.17, 15) is 4.79 Å². The van der Waals surface area contributed by atoms with E-state index in [2.05, 4.69) is 16.3 Å². The van der Waals surface area contributed by atoms with E-state index < -0.39 is 0 Å². The minimum Gasteiger partial charge on any atom is -0.492 e. The summed E-state index contributed by atoms with van der Waals surface area (Å²) in [5.74, 6) is 2.08. The van der Waals surface area contributed by atoms with Crippen LogP contribution in [0.4, 0.5) is 4.79 Å². The predicted molar refractivity (Wildman–Crippen MR) is 109 cm³/mol. The quantitative estimate of drug-likeness (QED) is 0.738. The van der Waals surface area contributed by atoms with Gasteiger partial charge in [0.1, 0.15) is 12.4 Å². The summed E-state index contributed by atoms with van der Waals surface area (Å²) in [6, 6.07) is 15.1. The number of nitriles is 1. The number of fused-ring (bicyclic) bond motifs is 1. The Morgan fingerprint density at radius 2 is 1.83 bits per heavy atom. The first-order valence-electron chi connectivity index (χ1n) is 9.98. The fraction of sp³-hybridized carbons (Fsp3) is 0.364. The van der Waals surface area contributed by atoms with Crippen molar-refractivity contribution in [1.82, 2.24) is 15.1 Å². The van der Waals surface area contributed by atoms with Crippen LogP contribution in [-0.2, 0) is 6.54 Å². The Labute approximate surface area is 175 Å². The molecule has 1 fully saturated rings. The van der Waals surface area contributed by atoms with Gasteiger partial charge in [-0.2, -0.15) is 5.26 Å². The molecule has 0 aliphatic carbocycles. The number of benzene rings is 2. The van der Waals surface area contributed by atoms with Gasteiger partial charge in [0.2, 0.25) is 6.79 Å². The van der Waals surface area contributed by atoms with Crippen LogP contribution in [0, 0.1) is 11.3 Å². The van der Waals surface area contributed by atoms with Crippen LogP contribution in [0.25, 0.3) is 0 Å². The first-order chi connectivity index (χ1) is 14.7. The average molecular weight is 408 g/mol. The van der Waals surface area contributed by atoms with Crippen LogP contribution in [0.1, 0.15) is 11.1 Å². The summed E-state index contributed by atoms with van der Waals surface area (Å²) in [7, 11) is 0. The van der Waals surface area contributed by atoms with Gasteiger partial charge in [0, 0.05) is 38.8 Å². The lowest BCUT2D eigenvalue weighted by Crippen LogP contribution is -2.51. The smallest absolute Gasteiger partial charge is 0.317 e. The first kappa shape index (κ1) is 19.9. The molecule has 0 radical (unpaired) electrons. The lowest BCUT2D eigenvalue weighted by Gasteiger charge is -2.34. The highest BCUT2D eigenvalue weighted by molar-refractivity contribution is 5.74. The Bertz CT molecular complexity index is 918. The maximum absolute atomic E-state index is 12.4. The minimum absolute atomic E-state index is 0.0673. The van der Waals surface area contributed by atoms with Crippen molar-refractivity contribution in [2.45, 2.75) is 6.54 Å². The molecule has 0 spiro atoms. The van der Waals surface area contributed by atoms with Crippen molar-refractivity contribution in [1.29, 1.82) is 5.26 Å². The molecule has 4 rings (SSSR count). The maximum Gasteiger partial charge on any atom is 0.317 e. The zero-order valence-electron chi connectivity index (χ0n) is 16.7. The molecule has 0 saturated carbocycles. The number of hydrogen-bond donors (Lipinski definition) is 1. The number of hydrogen-bond acceptors (Lipinski definition) is 6.